The van der Waals surface area contributed by atoms with Gasteiger partial charge >= 0.3 is 5.97 Å². The standard InChI is InChI=1S/C16H27N3O3S/c1-6-16(7-2,9-17)15(21)19-11(5)13-18-10(4)12(23-13)14(20)22-8-3/h11H,6-9,17H2,1-5H3,(H,19,21). The first-order valence-corrected chi connectivity index (χ1v) is 8.82. The van der Waals surface area contributed by atoms with E-state index in [0.717, 1.165) is 0 Å². The fraction of sp³-hybridized carbons (Fsp3) is 0.688. The molecule has 0 aliphatic carbocycles. The Hall–Kier alpha value is -1.47. The number of aromatic nitrogens is 1. The Labute approximate surface area is 141 Å². The summed E-state index contributed by atoms with van der Waals surface area (Å²) in [6.45, 7) is 9.95. The number of amides is 1. The van der Waals surface area contributed by atoms with E-state index in [1.165, 1.54) is 11.3 Å². The van der Waals surface area contributed by atoms with E-state index in [0.29, 0.717) is 41.6 Å². The van der Waals surface area contributed by atoms with Crippen LogP contribution in [0.2, 0.25) is 0 Å². The number of ether oxygens (including phenoxy) is 1. The summed E-state index contributed by atoms with van der Waals surface area (Å²) in [6.07, 6.45) is 1.37. The molecule has 1 heterocycles. The van der Waals surface area contributed by atoms with E-state index >= 15 is 0 Å². The summed E-state index contributed by atoms with van der Waals surface area (Å²) in [4.78, 5) is 29.3. The second kappa shape index (κ2) is 8.40. The minimum absolute atomic E-state index is 0.0666. The molecule has 7 heteroatoms. The lowest BCUT2D eigenvalue weighted by atomic mass is 9.81. The van der Waals surface area contributed by atoms with Gasteiger partial charge in [-0.2, -0.15) is 0 Å². The van der Waals surface area contributed by atoms with Crippen LogP contribution >= 0.6 is 11.3 Å². The SMILES string of the molecule is CCOC(=O)c1sc(C(C)NC(=O)C(CC)(CC)CN)nc1C. The zero-order chi connectivity index (χ0) is 17.6. The van der Waals surface area contributed by atoms with Gasteiger partial charge in [-0.25, -0.2) is 9.78 Å². The van der Waals surface area contributed by atoms with Crippen molar-refractivity contribution in [2.45, 2.75) is 53.5 Å². The van der Waals surface area contributed by atoms with Gasteiger partial charge in [-0.05, 0) is 33.6 Å². The summed E-state index contributed by atoms with van der Waals surface area (Å²) in [5.41, 5.74) is 5.88. The maximum atomic E-state index is 12.6. The van der Waals surface area contributed by atoms with Crippen LogP contribution in [0.1, 0.15) is 67.0 Å². The van der Waals surface area contributed by atoms with Crippen LogP contribution in [0, 0.1) is 12.3 Å². The lowest BCUT2D eigenvalue weighted by Crippen LogP contribution is -2.46. The molecule has 6 nitrogen and oxygen atoms in total. The number of hydrogen-bond donors (Lipinski definition) is 2. The van der Waals surface area contributed by atoms with Gasteiger partial charge in [0.05, 0.1) is 23.8 Å². The van der Waals surface area contributed by atoms with E-state index in [1.807, 2.05) is 20.8 Å². The topological polar surface area (TPSA) is 94.3 Å². The lowest BCUT2D eigenvalue weighted by Gasteiger charge is -2.29. The van der Waals surface area contributed by atoms with E-state index in [-0.39, 0.29) is 17.9 Å². The van der Waals surface area contributed by atoms with Gasteiger partial charge in [-0.3, -0.25) is 4.79 Å². The molecule has 1 unspecified atom stereocenters. The minimum atomic E-state index is -0.551. The Morgan fingerprint density at radius 2 is 1.96 bits per heavy atom. The molecule has 1 aromatic heterocycles. The number of hydrogen-bond acceptors (Lipinski definition) is 6. The van der Waals surface area contributed by atoms with Crippen molar-refractivity contribution >= 4 is 23.2 Å². The van der Waals surface area contributed by atoms with Gasteiger partial charge in [-0.1, -0.05) is 13.8 Å². The molecule has 0 aliphatic rings. The van der Waals surface area contributed by atoms with Crippen LogP contribution in [0.4, 0.5) is 0 Å². The van der Waals surface area contributed by atoms with Gasteiger partial charge in [0.15, 0.2) is 0 Å². The van der Waals surface area contributed by atoms with Crippen molar-refractivity contribution < 1.29 is 14.3 Å². The summed E-state index contributed by atoms with van der Waals surface area (Å²) < 4.78 is 5.02. The third-order valence-electron chi connectivity index (χ3n) is 4.22. The van der Waals surface area contributed by atoms with Gasteiger partial charge in [0.2, 0.25) is 5.91 Å². The second-order valence-electron chi connectivity index (χ2n) is 5.57. The Kier molecular flexibility index (Phi) is 7.15. The van der Waals surface area contributed by atoms with Crippen molar-refractivity contribution in [3.63, 3.8) is 0 Å². The normalized spacial score (nSPS) is 12.8. The number of nitrogens with two attached hydrogens (primary N) is 1. The molecule has 0 radical (unpaired) electrons. The van der Waals surface area contributed by atoms with Gasteiger partial charge in [-0.15, -0.1) is 11.3 Å². The number of nitrogens with zero attached hydrogens (tertiary/aromatic N) is 1. The summed E-state index contributed by atoms with van der Waals surface area (Å²) in [5.74, 6) is -0.436. The van der Waals surface area contributed by atoms with Crippen LogP contribution in [0.3, 0.4) is 0 Å². The van der Waals surface area contributed by atoms with E-state index < -0.39 is 5.41 Å². The van der Waals surface area contributed by atoms with Gasteiger partial charge in [0.1, 0.15) is 9.88 Å². The molecule has 130 valence electrons. The fourth-order valence-electron chi connectivity index (χ4n) is 2.35. The van der Waals surface area contributed by atoms with E-state index in [9.17, 15) is 9.59 Å². The van der Waals surface area contributed by atoms with Crippen molar-refractivity contribution in [1.82, 2.24) is 10.3 Å². The van der Waals surface area contributed by atoms with Crippen LogP contribution in [-0.2, 0) is 9.53 Å². The zero-order valence-electron chi connectivity index (χ0n) is 14.6. The highest BCUT2D eigenvalue weighted by atomic mass is 32.1. The molecular weight excluding hydrogens is 314 g/mol. The predicted molar refractivity (Wildman–Crippen MR) is 91.4 cm³/mol. The number of carbonyl (C=O) groups excluding carboxylic acids is 2. The molecule has 0 bridgehead atoms. The Bertz CT molecular complexity index is 545. The Morgan fingerprint density at radius 1 is 1.35 bits per heavy atom. The number of nitrogens with one attached hydrogen (secondary N) is 1. The third kappa shape index (κ3) is 4.29. The number of carbonyl (C=O) groups is 2. The predicted octanol–water partition coefficient (Wildman–Crippen LogP) is 2.57. The quantitative estimate of drug-likeness (QED) is 0.709. The molecule has 0 saturated heterocycles. The lowest BCUT2D eigenvalue weighted by molar-refractivity contribution is -0.131. The first kappa shape index (κ1) is 19.6. The zero-order valence-corrected chi connectivity index (χ0v) is 15.4. The van der Waals surface area contributed by atoms with Crippen LogP contribution < -0.4 is 11.1 Å². The molecule has 0 saturated carbocycles. The van der Waals surface area contributed by atoms with Crippen molar-refractivity contribution in [2.75, 3.05) is 13.2 Å². The van der Waals surface area contributed by atoms with Crippen molar-refractivity contribution in [2.24, 2.45) is 11.1 Å². The van der Waals surface area contributed by atoms with Crippen LogP contribution in [0.15, 0.2) is 0 Å². The Morgan fingerprint density at radius 3 is 2.43 bits per heavy atom. The van der Waals surface area contributed by atoms with Crippen LogP contribution in [0.5, 0.6) is 0 Å². The average molecular weight is 341 g/mol. The first-order valence-electron chi connectivity index (χ1n) is 8.00. The first-order chi connectivity index (χ1) is 10.8. The molecule has 0 fully saturated rings. The number of esters is 1. The Balaban J connectivity index is 2.90. The summed E-state index contributed by atoms with van der Waals surface area (Å²) in [7, 11) is 0. The van der Waals surface area contributed by atoms with E-state index in [1.54, 1.807) is 13.8 Å². The minimum Gasteiger partial charge on any atom is -0.462 e. The molecule has 0 aromatic carbocycles. The monoisotopic (exact) mass is 341 g/mol. The van der Waals surface area contributed by atoms with Crippen LogP contribution in [0.25, 0.3) is 0 Å². The fourth-order valence-corrected chi connectivity index (χ4v) is 3.32. The molecular formula is C16H27N3O3S. The number of thiazole rings is 1. The average Bonchev–Trinajstić information content (AvgIpc) is 2.92. The highest BCUT2D eigenvalue weighted by Crippen LogP contribution is 2.28. The molecule has 0 spiro atoms. The number of rotatable bonds is 8. The van der Waals surface area contributed by atoms with E-state index in [4.69, 9.17) is 10.5 Å². The molecule has 23 heavy (non-hydrogen) atoms. The largest absolute Gasteiger partial charge is 0.462 e. The second-order valence-corrected chi connectivity index (χ2v) is 6.60. The summed E-state index contributed by atoms with van der Waals surface area (Å²) in [5, 5.41) is 3.67. The summed E-state index contributed by atoms with van der Waals surface area (Å²) >= 11 is 1.26. The molecule has 3 N–H and O–H groups in total. The van der Waals surface area contributed by atoms with Crippen molar-refractivity contribution in [3.05, 3.63) is 15.6 Å². The molecule has 1 rings (SSSR count). The summed E-state index contributed by atoms with van der Waals surface area (Å²) in [6, 6.07) is -0.279. The smallest absolute Gasteiger partial charge is 0.350 e. The van der Waals surface area contributed by atoms with Crippen molar-refractivity contribution in [3.8, 4) is 0 Å². The maximum Gasteiger partial charge on any atom is 0.350 e. The molecule has 1 aromatic rings. The maximum absolute atomic E-state index is 12.6. The van der Waals surface area contributed by atoms with Crippen LogP contribution in [-0.4, -0.2) is 30.0 Å². The van der Waals surface area contributed by atoms with Gasteiger partial charge in [0, 0.05) is 6.54 Å². The highest BCUT2D eigenvalue weighted by molar-refractivity contribution is 7.13. The van der Waals surface area contributed by atoms with Crippen molar-refractivity contribution in [1.29, 1.82) is 0 Å². The van der Waals surface area contributed by atoms with Gasteiger partial charge in [0.25, 0.3) is 0 Å². The van der Waals surface area contributed by atoms with E-state index in [2.05, 4.69) is 10.3 Å². The molecule has 1 amide bonds. The highest BCUT2D eigenvalue weighted by Gasteiger charge is 2.34. The van der Waals surface area contributed by atoms with Gasteiger partial charge < -0.3 is 15.8 Å². The molecule has 0 aliphatic heterocycles. The number of aryl methyl sites for hydroxylation is 1. The third-order valence-corrected chi connectivity index (χ3v) is 5.54. The molecule has 1 atom stereocenters.